The number of halogens is 2. The topological polar surface area (TPSA) is 74.9 Å². The Bertz CT molecular complexity index is 458. The van der Waals surface area contributed by atoms with Gasteiger partial charge in [-0.15, -0.1) is 0 Å². The molecule has 0 aliphatic carbocycles. The highest BCUT2D eigenvalue weighted by atomic mass is 35.5. The number of hydrogen-bond acceptors (Lipinski definition) is 3. The summed E-state index contributed by atoms with van der Waals surface area (Å²) in [5.41, 5.74) is 6.71. The van der Waals surface area contributed by atoms with Crippen molar-refractivity contribution in [1.82, 2.24) is 9.97 Å². The van der Waals surface area contributed by atoms with Crippen LogP contribution in [0.5, 0.6) is 0 Å². The van der Waals surface area contributed by atoms with Gasteiger partial charge in [-0.05, 0) is 12.1 Å². The number of aromatic amines is 1. The molecular formula is C9H9Cl2N3O. The number of H-pyrrole nitrogens is 1. The number of aromatic nitrogens is 2. The minimum Gasteiger partial charge on any atom is -0.384 e. The van der Waals surface area contributed by atoms with E-state index in [1.165, 1.54) is 0 Å². The van der Waals surface area contributed by atoms with E-state index in [0.29, 0.717) is 21.4 Å². The zero-order chi connectivity index (χ0) is 11.0. The second-order valence-electron chi connectivity index (χ2n) is 3.16. The molecule has 1 heterocycles. The lowest BCUT2D eigenvalue weighted by Crippen LogP contribution is -2.12. The number of benzene rings is 1. The molecule has 0 amide bonds. The lowest BCUT2D eigenvalue weighted by atomic mass is 10.3. The van der Waals surface area contributed by atoms with Crippen molar-refractivity contribution in [1.29, 1.82) is 0 Å². The lowest BCUT2D eigenvalue weighted by Gasteiger charge is -2.00. The van der Waals surface area contributed by atoms with Crippen LogP contribution >= 0.6 is 23.2 Å². The van der Waals surface area contributed by atoms with E-state index in [9.17, 15) is 5.11 Å². The van der Waals surface area contributed by atoms with Gasteiger partial charge in [0.1, 0.15) is 11.9 Å². The van der Waals surface area contributed by atoms with Gasteiger partial charge in [-0.25, -0.2) is 4.98 Å². The van der Waals surface area contributed by atoms with Gasteiger partial charge in [0.25, 0.3) is 0 Å². The molecule has 0 radical (unpaired) electrons. The van der Waals surface area contributed by atoms with Crippen LogP contribution in [0.3, 0.4) is 0 Å². The second-order valence-corrected chi connectivity index (χ2v) is 3.97. The Morgan fingerprint density at radius 1 is 1.40 bits per heavy atom. The maximum Gasteiger partial charge on any atom is 0.137 e. The predicted molar refractivity (Wildman–Crippen MR) is 60.1 cm³/mol. The number of hydrogen-bond donors (Lipinski definition) is 3. The zero-order valence-corrected chi connectivity index (χ0v) is 9.18. The minimum atomic E-state index is -0.796. The summed E-state index contributed by atoms with van der Waals surface area (Å²) in [4.78, 5) is 7.09. The van der Waals surface area contributed by atoms with Crippen LogP contribution in [-0.4, -0.2) is 21.6 Å². The number of aliphatic hydroxyl groups is 1. The standard InChI is InChI=1S/C9H9Cl2N3O/c10-4-1-6-7(2-5(4)11)14-9(13-6)8(15)3-12/h1-2,8,15H,3,12H2,(H,13,14). The van der Waals surface area contributed by atoms with Gasteiger partial charge in [-0.1, -0.05) is 23.2 Å². The highest BCUT2D eigenvalue weighted by Crippen LogP contribution is 2.27. The molecule has 1 aromatic heterocycles. The first-order valence-electron chi connectivity index (χ1n) is 4.34. The van der Waals surface area contributed by atoms with Crippen molar-refractivity contribution in [2.24, 2.45) is 5.73 Å². The maximum absolute atomic E-state index is 9.48. The van der Waals surface area contributed by atoms with Crippen molar-refractivity contribution >= 4 is 34.2 Å². The van der Waals surface area contributed by atoms with Crippen LogP contribution in [-0.2, 0) is 0 Å². The van der Waals surface area contributed by atoms with Gasteiger partial charge in [0.15, 0.2) is 0 Å². The van der Waals surface area contributed by atoms with E-state index in [2.05, 4.69) is 9.97 Å². The quantitative estimate of drug-likeness (QED) is 0.757. The summed E-state index contributed by atoms with van der Waals surface area (Å²) in [5, 5.41) is 10.4. The molecule has 6 heteroatoms. The van der Waals surface area contributed by atoms with Crippen molar-refractivity contribution in [3.8, 4) is 0 Å². The number of nitrogens with two attached hydrogens (primary N) is 1. The molecule has 0 spiro atoms. The van der Waals surface area contributed by atoms with E-state index in [-0.39, 0.29) is 6.54 Å². The van der Waals surface area contributed by atoms with Crippen LogP contribution in [0.25, 0.3) is 11.0 Å². The van der Waals surface area contributed by atoms with E-state index in [4.69, 9.17) is 28.9 Å². The molecule has 4 nitrogen and oxygen atoms in total. The molecule has 0 aliphatic heterocycles. The van der Waals surface area contributed by atoms with Crippen molar-refractivity contribution in [2.45, 2.75) is 6.10 Å². The third-order valence-electron chi connectivity index (χ3n) is 2.08. The predicted octanol–water partition coefficient (Wildman–Crippen LogP) is 1.86. The second kappa shape index (κ2) is 3.98. The summed E-state index contributed by atoms with van der Waals surface area (Å²) in [6.45, 7) is 0.112. The third kappa shape index (κ3) is 1.94. The Morgan fingerprint density at radius 2 is 2.07 bits per heavy atom. The van der Waals surface area contributed by atoms with E-state index in [0.717, 1.165) is 5.52 Å². The van der Waals surface area contributed by atoms with Crippen LogP contribution in [0.2, 0.25) is 10.0 Å². The highest BCUT2D eigenvalue weighted by Gasteiger charge is 2.11. The highest BCUT2D eigenvalue weighted by molar-refractivity contribution is 6.42. The summed E-state index contributed by atoms with van der Waals surface area (Å²) in [6.07, 6.45) is -0.796. The smallest absolute Gasteiger partial charge is 0.137 e. The summed E-state index contributed by atoms with van der Waals surface area (Å²) >= 11 is 11.7. The summed E-state index contributed by atoms with van der Waals surface area (Å²) in [5.74, 6) is 0.422. The van der Waals surface area contributed by atoms with E-state index in [1.54, 1.807) is 12.1 Å². The molecule has 0 bridgehead atoms. The number of nitrogens with one attached hydrogen (secondary N) is 1. The Morgan fingerprint density at radius 3 is 2.73 bits per heavy atom. The third-order valence-corrected chi connectivity index (χ3v) is 2.80. The first kappa shape index (κ1) is 10.7. The molecule has 1 atom stereocenters. The molecular weight excluding hydrogens is 237 g/mol. The molecule has 2 aromatic rings. The van der Waals surface area contributed by atoms with Gasteiger partial charge in [-0.3, -0.25) is 0 Å². The molecule has 0 aliphatic rings. The average molecular weight is 246 g/mol. The van der Waals surface area contributed by atoms with Gasteiger partial charge < -0.3 is 15.8 Å². The molecule has 2 rings (SSSR count). The van der Waals surface area contributed by atoms with Gasteiger partial charge in [0.05, 0.1) is 21.1 Å². The lowest BCUT2D eigenvalue weighted by molar-refractivity contribution is 0.178. The van der Waals surface area contributed by atoms with E-state index in [1.807, 2.05) is 0 Å². The van der Waals surface area contributed by atoms with Crippen LogP contribution in [0.15, 0.2) is 12.1 Å². The first-order valence-corrected chi connectivity index (χ1v) is 5.10. The SMILES string of the molecule is NCC(O)c1nc2cc(Cl)c(Cl)cc2[nH]1. The number of aliphatic hydroxyl groups excluding tert-OH is 1. The molecule has 4 N–H and O–H groups in total. The maximum atomic E-state index is 9.48. The van der Waals surface area contributed by atoms with Crippen molar-refractivity contribution < 1.29 is 5.11 Å². The fourth-order valence-electron chi connectivity index (χ4n) is 1.29. The molecule has 1 unspecified atom stereocenters. The van der Waals surface area contributed by atoms with E-state index >= 15 is 0 Å². The Kier molecular flexibility index (Phi) is 2.84. The van der Waals surface area contributed by atoms with Crippen molar-refractivity contribution in [2.75, 3.05) is 6.54 Å². The summed E-state index contributed by atoms with van der Waals surface area (Å²) in [7, 11) is 0. The first-order chi connectivity index (χ1) is 7.11. The molecule has 0 saturated carbocycles. The molecule has 0 fully saturated rings. The molecule has 0 saturated heterocycles. The van der Waals surface area contributed by atoms with E-state index < -0.39 is 6.10 Å². The van der Waals surface area contributed by atoms with Gasteiger partial charge >= 0.3 is 0 Å². The Balaban J connectivity index is 2.56. The molecule has 15 heavy (non-hydrogen) atoms. The Hall–Kier alpha value is -0.810. The number of nitrogens with zero attached hydrogens (tertiary/aromatic N) is 1. The zero-order valence-electron chi connectivity index (χ0n) is 7.67. The number of imidazole rings is 1. The van der Waals surface area contributed by atoms with Crippen LogP contribution < -0.4 is 5.73 Å². The molecule has 80 valence electrons. The van der Waals surface area contributed by atoms with Crippen LogP contribution in [0, 0.1) is 0 Å². The van der Waals surface area contributed by atoms with Gasteiger partial charge in [-0.2, -0.15) is 0 Å². The number of rotatable bonds is 2. The molecule has 1 aromatic carbocycles. The Labute approximate surface area is 96.0 Å². The largest absolute Gasteiger partial charge is 0.384 e. The van der Waals surface area contributed by atoms with Gasteiger partial charge in [0.2, 0.25) is 0 Å². The van der Waals surface area contributed by atoms with Crippen LogP contribution in [0.1, 0.15) is 11.9 Å². The van der Waals surface area contributed by atoms with Gasteiger partial charge in [0, 0.05) is 6.54 Å². The summed E-state index contributed by atoms with van der Waals surface area (Å²) in [6, 6.07) is 3.31. The summed E-state index contributed by atoms with van der Waals surface area (Å²) < 4.78 is 0. The number of fused-ring (bicyclic) bond motifs is 1. The normalized spacial score (nSPS) is 13.3. The van der Waals surface area contributed by atoms with Crippen LogP contribution in [0.4, 0.5) is 0 Å². The van der Waals surface area contributed by atoms with Crippen molar-refractivity contribution in [3.05, 3.63) is 28.0 Å². The minimum absolute atomic E-state index is 0.112. The fraction of sp³-hybridized carbons (Fsp3) is 0.222. The fourth-order valence-corrected chi connectivity index (χ4v) is 1.62. The monoisotopic (exact) mass is 245 g/mol. The van der Waals surface area contributed by atoms with Crippen molar-refractivity contribution in [3.63, 3.8) is 0 Å². The average Bonchev–Trinajstić information content (AvgIpc) is 2.60.